The standard InChI is InChI=1S/C24H24BrNO3/c1-28-22-14-20(25)19-11-12-26-21(23(19)24(22)27)13-16-7-9-18(10-8-16)29-15-17-5-3-2-4-6-17/h2-10,14,21,26-27H,11-13,15H2,1H3. The van der Waals surface area contributed by atoms with E-state index in [1.165, 1.54) is 5.56 Å². The van der Waals surface area contributed by atoms with Crippen LogP contribution >= 0.6 is 15.9 Å². The monoisotopic (exact) mass is 453 g/mol. The summed E-state index contributed by atoms with van der Waals surface area (Å²) in [6.07, 6.45) is 1.65. The molecule has 0 amide bonds. The molecule has 5 heteroatoms. The first-order valence-electron chi connectivity index (χ1n) is 9.73. The zero-order valence-electron chi connectivity index (χ0n) is 16.3. The maximum absolute atomic E-state index is 10.7. The molecule has 0 bridgehead atoms. The van der Waals surface area contributed by atoms with Gasteiger partial charge in [0.15, 0.2) is 11.5 Å². The Kier molecular flexibility index (Phi) is 6.07. The maximum atomic E-state index is 10.7. The van der Waals surface area contributed by atoms with Crippen molar-refractivity contribution in [1.82, 2.24) is 5.32 Å². The van der Waals surface area contributed by atoms with Crippen molar-refractivity contribution in [2.75, 3.05) is 13.7 Å². The number of ether oxygens (including phenoxy) is 2. The minimum Gasteiger partial charge on any atom is -0.504 e. The molecule has 4 nitrogen and oxygen atoms in total. The zero-order valence-corrected chi connectivity index (χ0v) is 17.9. The van der Waals surface area contributed by atoms with E-state index >= 15 is 0 Å². The quantitative estimate of drug-likeness (QED) is 0.540. The fourth-order valence-corrected chi connectivity index (χ4v) is 4.43. The van der Waals surface area contributed by atoms with Gasteiger partial charge >= 0.3 is 0 Å². The molecule has 0 fully saturated rings. The van der Waals surface area contributed by atoms with E-state index in [4.69, 9.17) is 9.47 Å². The number of nitrogens with one attached hydrogen (secondary N) is 1. The van der Waals surface area contributed by atoms with Gasteiger partial charge in [-0.15, -0.1) is 0 Å². The van der Waals surface area contributed by atoms with Gasteiger partial charge in [0, 0.05) is 16.1 Å². The van der Waals surface area contributed by atoms with E-state index < -0.39 is 0 Å². The Hall–Kier alpha value is -2.50. The number of phenolic OH excluding ortho intramolecular Hbond substituents is 1. The smallest absolute Gasteiger partial charge is 0.162 e. The highest BCUT2D eigenvalue weighted by atomic mass is 79.9. The summed E-state index contributed by atoms with van der Waals surface area (Å²) in [5, 5.41) is 14.3. The van der Waals surface area contributed by atoms with Crippen molar-refractivity contribution in [3.8, 4) is 17.2 Å². The molecule has 1 aliphatic rings. The fraction of sp³-hybridized carbons (Fsp3) is 0.250. The van der Waals surface area contributed by atoms with Crippen LogP contribution in [-0.2, 0) is 19.4 Å². The molecule has 0 aliphatic carbocycles. The van der Waals surface area contributed by atoms with Gasteiger partial charge in [0.25, 0.3) is 0 Å². The summed E-state index contributed by atoms with van der Waals surface area (Å²) in [6, 6.07) is 20.2. The highest BCUT2D eigenvalue weighted by Crippen LogP contribution is 2.43. The molecule has 3 aromatic carbocycles. The first kappa shape index (κ1) is 19.8. The van der Waals surface area contributed by atoms with Gasteiger partial charge in [-0.2, -0.15) is 0 Å². The summed E-state index contributed by atoms with van der Waals surface area (Å²) in [7, 11) is 1.58. The second kappa shape index (κ2) is 8.89. The van der Waals surface area contributed by atoms with Crippen LogP contribution in [0.3, 0.4) is 0 Å². The Bertz CT molecular complexity index is 974. The third-order valence-corrected chi connectivity index (χ3v) is 6.01. The minimum absolute atomic E-state index is 0.0289. The second-order valence-electron chi connectivity index (χ2n) is 7.18. The van der Waals surface area contributed by atoms with Gasteiger partial charge in [0.1, 0.15) is 12.4 Å². The molecular weight excluding hydrogens is 430 g/mol. The first-order chi connectivity index (χ1) is 14.2. The third-order valence-electron chi connectivity index (χ3n) is 5.31. The summed E-state index contributed by atoms with van der Waals surface area (Å²) in [6.45, 7) is 1.43. The minimum atomic E-state index is 0.0289. The molecule has 2 N–H and O–H groups in total. The van der Waals surface area contributed by atoms with Gasteiger partial charge in [-0.25, -0.2) is 0 Å². The number of hydrogen-bond donors (Lipinski definition) is 2. The number of methoxy groups -OCH3 is 1. The van der Waals surface area contributed by atoms with Crippen LogP contribution in [0.25, 0.3) is 0 Å². The number of halogens is 1. The predicted octanol–water partition coefficient (Wildman–Crippen LogP) is 5.17. The van der Waals surface area contributed by atoms with E-state index in [1.54, 1.807) is 7.11 Å². The Balaban J connectivity index is 1.49. The van der Waals surface area contributed by atoms with Crippen LogP contribution in [0, 0.1) is 0 Å². The predicted molar refractivity (Wildman–Crippen MR) is 118 cm³/mol. The van der Waals surface area contributed by atoms with Crippen LogP contribution in [0.15, 0.2) is 65.1 Å². The summed E-state index contributed by atoms with van der Waals surface area (Å²) < 4.78 is 12.2. The van der Waals surface area contributed by atoms with Crippen LogP contribution in [0.5, 0.6) is 17.2 Å². The molecule has 29 heavy (non-hydrogen) atoms. The first-order valence-corrected chi connectivity index (χ1v) is 10.5. The summed E-state index contributed by atoms with van der Waals surface area (Å²) in [5.74, 6) is 1.57. The van der Waals surface area contributed by atoms with Crippen molar-refractivity contribution in [1.29, 1.82) is 0 Å². The summed E-state index contributed by atoms with van der Waals surface area (Å²) in [5.41, 5.74) is 4.40. The largest absolute Gasteiger partial charge is 0.504 e. The van der Waals surface area contributed by atoms with E-state index in [1.807, 2.05) is 36.4 Å². The van der Waals surface area contributed by atoms with Crippen molar-refractivity contribution in [2.24, 2.45) is 0 Å². The number of fused-ring (bicyclic) bond motifs is 1. The van der Waals surface area contributed by atoms with E-state index in [0.29, 0.717) is 12.4 Å². The molecule has 1 atom stereocenters. The Morgan fingerprint density at radius 1 is 1.07 bits per heavy atom. The molecule has 0 aromatic heterocycles. The maximum Gasteiger partial charge on any atom is 0.162 e. The number of benzene rings is 3. The molecule has 0 saturated carbocycles. The lowest BCUT2D eigenvalue weighted by Crippen LogP contribution is -2.31. The van der Waals surface area contributed by atoms with Crippen LogP contribution in [0.2, 0.25) is 0 Å². The third kappa shape index (κ3) is 4.41. The average molecular weight is 454 g/mol. The highest BCUT2D eigenvalue weighted by Gasteiger charge is 2.27. The van der Waals surface area contributed by atoms with Crippen LogP contribution in [-0.4, -0.2) is 18.8 Å². The number of hydrogen-bond acceptors (Lipinski definition) is 4. The molecule has 1 heterocycles. The fourth-order valence-electron chi connectivity index (χ4n) is 3.81. The van der Waals surface area contributed by atoms with E-state index in [-0.39, 0.29) is 11.8 Å². The molecule has 0 spiro atoms. The molecule has 4 rings (SSSR count). The molecule has 1 aliphatic heterocycles. The van der Waals surface area contributed by atoms with E-state index in [9.17, 15) is 5.11 Å². The number of rotatable bonds is 6. The van der Waals surface area contributed by atoms with Crippen molar-refractivity contribution in [3.05, 3.63) is 87.4 Å². The van der Waals surface area contributed by atoms with Gasteiger partial charge in [-0.3, -0.25) is 0 Å². The Morgan fingerprint density at radius 3 is 2.55 bits per heavy atom. The average Bonchev–Trinajstić information content (AvgIpc) is 2.76. The van der Waals surface area contributed by atoms with Crippen molar-refractivity contribution < 1.29 is 14.6 Å². The Morgan fingerprint density at radius 2 is 1.83 bits per heavy atom. The molecule has 0 radical (unpaired) electrons. The summed E-state index contributed by atoms with van der Waals surface area (Å²) >= 11 is 3.63. The molecule has 150 valence electrons. The second-order valence-corrected chi connectivity index (χ2v) is 8.03. The Labute approximate surface area is 179 Å². The van der Waals surface area contributed by atoms with Crippen molar-refractivity contribution >= 4 is 15.9 Å². The normalized spacial score (nSPS) is 15.6. The topological polar surface area (TPSA) is 50.7 Å². The molecule has 0 saturated heterocycles. The van der Waals surface area contributed by atoms with E-state index in [0.717, 1.165) is 46.3 Å². The van der Waals surface area contributed by atoms with Crippen LogP contribution in [0.1, 0.15) is 28.3 Å². The van der Waals surface area contributed by atoms with Gasteiger partial charge in [0.2, 0.25) is 0 Å². The lowest BCUT2D eigenvalue weighted by atomic mass is 9.89. The molecule has 3 aromatic rings. The van der Waals surface area contributed by atoms with Crippen molar-refractivity contribution in [2.45, 2.75) is 25.5 Å². The van der Waals surface area contributed by atoms with Gasteiger partial charge < -0.3 is 19.9 Å². The van der Waals surface area contributed by atoms with Crippen LogP contribution < -0.4 is 14.8 Å². The van der Waals surface area contributed by atoms with Crippen molar-refractivity contribution in [3.63, 3.8) is 0 Å². The summed E-state index contributed by atoms with van der Waals surface area (Å²) in [4.78, 5) is 0. The lowest BCUT2D eigenvalue weighted by Gasteiger charge is -2.29. The number of phenols is 1. The SMILES string of the molecule is COc1cc(Br)c2c(c1O)C(Cc1ccc(OCc3ccccc3)cc1)NCC2. The highest BCUT2D eigenvalue weighted by molar-refractivity contribution is 9.10. The number of aromatic hydroxyl groups is 1. The van der Waals surface area contributed by atoms with Gasteiger partial charge in [-0.1, -0.05) is 58.4 Å². The van der Waals surface area contributed by atoms with Crippen LogP contribution in [0.4, 0.5) is 0 Å². The molecular formula is C24H24BrNO3. The lowest BCUT2D eigenvalue weighted by molar-refractivity contribution is 0.306. The van der Waals surface area contributed by atoms with E-state index in [2.05, 4.69) is 45.5 Å². The molecule has 1 unspecified atom stereocenters. The zero-order chi connectivity index (χ0) is 20.2. The van der Waals surface area contributed by atoms with Gasteiger partial charge in [0.05, 0.1) is 7.11 Å². The van der Waals surface area contributed by atoms with Gasteiger partial charge in [-0.05, 0) is 54.3 Å².